The van der Waals surface area contributed by atoms with Crippen LogP contribution in [0, 0.1) is 11.8 Å². The van der Waals surface area contributed by atoms with Gasteiger partial charge < -0.3 is 14.7 Å². The number of amides is 1. The van der Waals surface area contributed by atoms with Crippen LogP contribution in [0.3, 0.4) is 0 Å². The molecule has 0 bridgehead atoms. The molecule has 2 unspecified atom stereocenters. The van der Waals surface area contributed by atoms with Crippen molar-refractivity contribution in [3.05, 3.63) is 30.3 Å². The molecule has 1 saturated carbocycles. The van der Waals surface area contributed by atoms with Crippen molar-refractivity contribution in [3.8, 4) is 5.75 Å². The average molecular weight is 319 g/mol. The fourth-order valence-corrected chi connectivity index (χ4v) is 2.46. The van der Waals surface area contributed by atoms with Crippen LogP contribution in [0.4, 0.5) is 0 Å². The third-order valence-electron chi connectivity index (χ3n) is 4.15. The maximum atomic E-state index is 12.6. The highest BCUT2D eigenvalue weighted by Gasteiger charge is 2.36. The van der Waals surface area contributed by atoms with Gasteiger partial charge in [0.15, 0.2) is 0 Å². The first-order chi connectivity index (χ1) is 11.0. The summed E-state index contributed by atoms with van der Waals surface area (Å²) < 4.78 is 5.64. The van der Waals surface area contributed by atoms with Crippen LogP contribution in [0.5, 0.6) is 5.75 Å². The summed E-state index contributed by atoms with van der Waals surface area (Å²) in [4.78, 5) is 25.4. The fourth-order valence-electron chi connectivity index (χ4n) is 2.46. The summed E-state index contributed by atoms with van der Waals surface area (Å²) in [7, 11) is 0. The second-order valence-corrected chi connectivity index (χ2v) is 6.31. The van der Waals surface area contributed by atoms with Crippen LogP contribution in [-0.2, 0) is 9.59 Å². The van der Waals surface area contributed by atoms with E-state index in [0.29, 0.717) is 19.6 Å². The predicted octanol–water partition coefficient (Wildman–Crippen LogP) is 2.80. The van der Waals surface area contributed by atoms with Gasteiger partial charge in [0, 0.05) is 18.5 Å². The molecule has 0 spiro atoms. The number of benzene rings is 1. The SMILES string of the molecule is CC(CN(C(=O)C(C)CCOc1ccccc1)C1CC1)C(=O)O. The highest BCUT2D eigenvalue weighted by Crippen LogP contribution is 2.29. The molecule has 23 heavy (non-hydrogen) atoms. The number of hydrogen-bond donors (Lipinski definition) is 1. The highest BCUT2D eigenvalue weighted by atomic mass is 16.5. The Morgan fingerprint density at radius 2 is 1.87 bits per heavy atom. The molecule has 5 nitrogen and oxygen atoms in total. The average Bonchev–Trinajstić information content (AvgIpc) is 3.37. The van der Waals surface area contributed by atoms with Crippen LogP contribution in [0.15, 0.2) is 30.3 Å². The van der Waals surface area contributed by atoms with Crippen molar-refractivity contribution in [1.29, 1.82) is 0 Å². The van der Waals surface area contributed by atoms with Crippen molar-refractivity contribution in [2.75, 3.05) is 13.2 Å². The first-order valence-electron chi connectivity index (χ1n) is 8.20. The molecule has 1 N–H and O–H groups in total. The molecule has 0 radical (unpaired) electrons. The molecule has 1 aliphatic rings. The summed E-state index contributed by atoms with van der Waals surface area (Å²) >= 11 is 0. The smallest absolute Gasteiger partial charge is 0.308 e. The summed E-state index contributed by atoms with van der Waals surface area (Å²) in [6.45, 7) is 4.30. The minimum Gasteiger partial charge on any atom is -0.494 e. The lowest BCUT2D eigenvalue weighted by Gasteiger charge is -2.27. The molecule has 0 aromatic heterocycles. The van der Waals surface area contributed by atoms with Crippen molar-refractivity contribution in [3.63, 3.8) is 0 Å². The molecule has 1 fully saturated rings. The molecule has 1 aromatic carbocycles. The highest BCUT2D eigenvalue weighted by molar-refractivity contribution is 5.80. The van der Waals surface area contributed by atoms with Gasteiger partial charge >= 0.3 is 5.97 Å². The Hall–Kier alpha value is -2.04. The summed E-state index contributed by atoms with van der Waals surface area (Å²) in [5.74, 6) is -0.723. The van der Waals surface area contributed by atoms with Gasteiger partial charge in [-0.1, -0.05) is 32.0 Å². The summed E-state index contributed by atoms with van der Waals surface area (Å²) in [5.41, 5.74) is 0. The molecule has 1 aliphatic carbocycles. The number of carbonyl (C=O) groups excluding carboxylic acids is 1. The van der Waals surface area contributed by atoms with E-state index in [-0.39, 0.29) is 17.9 Å². The Morgan fingerprint density at radius 1 is 1.22 bits per heavy atom. The standard InChI is InChI=1S/C18H25NO4/c1-13(10-11-23-16-6-4-3-5-7-16)17(20)19(15-8-9-15)12-14(2)18(21)22/h3-7,13-15H,8-12H2,1-2H3,(H,21,22). The Kier molecular flexibility index (Phi) is 6.02. The maximum absolute atomic E-state index is 12.6. The van der Waals surface area contributed by atoms with E-state index in [9.17, 15) is 9.59 Å². The van der Waals surface area contributed by atoms with E-state index < -0.39 is 11.9 Å². The first kappa shape index (κ1) is 17.3. The number of carboxylic acid groups (broad SMARTS) is 1. The van der Waals surface area contributed by atoms with Gasteiger partial charge in [0.1, 0.15) is 5.75 Å². The summed E-state index contributed by atoms with van der Waals surface area (Å²) in [6.07, 6.45) is 2.58. The van der Waals surface area contributed by atoms with E-state index >= 15 is 0 Å². The second kappa shape index (κ2) is 7.99. The molecule has 126 valence electrons. The number of rotatable bonds is 9. The Morgan fingerprint density at radius 3 is 2.43 bits per heavy atom. The van der Waals surface area contributed by atoms with Crippen molar-refractivity contribution >= 4 is 11.9 Å². The van der Waals surface area contributed by atoms with Gasteiger partial charge in [-0.05, 0) is 31.4 Å². The minimum atomic E-state index is -0.858. The van der Waals surface area contributed by atoms with Crippen LogP contribution in [0.2, 0.25) is 0 Å². The van der Waals surface area contributed by atoms with Gasteiger partial charge in [-0.3, -0.25) is 9.59 Å². The molecule has 1 aromatic rings. The Labute approximate surface area is 137 Å². The molecule has 1 amide bonds. The van der Waals surface area contributed by atoms with Gasteiger partial charge in [0.05, 0.1) is 12.5 Å². The molecule has 0 heterocycles. The van der Waals surface area contributed by atoms with E-state index in [1.807, 2.05) is 37.3 Å². The number of aliphatic carboxylic acids is 1. The topological polar surface area (TPSA) is 66.8 Å². The lowest BCUT2D eigenvalue weighted by molar-refractivity contribution is -0.144. The lowest BCUT2D eigenvalue weighted by Crippen LogP contribution is -2.41. The van der Waals surface area contributed by atoms with Crippen molar-refractivity contribution in [1.82, 2.24) is 4.90 Å². The zero-order valence-corrected chi connectivity index (χ0v) is 13.8. The van der Waals surface area contributed by atoms with Crippen molar-refractivity contribution < 1.29 is 19.4 Å². The molecule has 0 saturated heterocycles. The summed E-state index contributed by atoms with van der Waals surface area (Å²) in [5, 5.41) is 9.06. The third-order valence-corrected chi connectivity index (χ3v) is 4.15. The van der Waals surface area contributed by atoms with E-state index in [2.05, 4.69) is 0 Å². The fraction of sp³-hybridized carbons (Fsp3) is 0.556. The van der Waals surface area contributed by atoms with E-state index in [0.717, 1.165) is 18.6 Å². The summed E-state index contributed by atoms with van der Waals surface area (Å²) in [6, 6.07) is 9.74. The largest absolute Gasteiger partial charge is 0.494 e. The molecular weight excluding hydrogens is 294 g/mol. The van der Waals surface area contributed by atoms with E-state index in [1.54, 1.807) is 11.8 Å². The van der Waals surface area contributed by atoms with E-state index in [4.69, 9.17) is 9.84 Å². The van der Waals surface area contributed by atoms with Gasteiger partial charge in [-0.25, -0.2) is 0 Å². The number of nitrogens with zero attached hydrogens (tertiary/aromatic N) is 1. The zero-order chi connectivity index (χ0) is 16.8. The third kappa shape index (κ3) is 5.27. The molecular formula is C18H25NO4. The number of para-hydroxylation sites is 1. The molecule has 2 rings (SSSR count). The van der Waals surface area contributed by atoms with Gasteiger partial charge in [0.2, 0.25) is 5.91 Å². The van der Waals surface area contributed by atoms with Crippen molar-refractivity contribution in [2.24, 2.45) is 11.8 Å². The lowest BCUT2D eigenvalue weighted by atomic mass is 10.1. The number of carbonyl (C=O) groups is 2. The number of carboxylic acids is 1. The minimum absolute atomic E-state index is 0.0391. The van der Waals surface area contributed by atoms with Gasteiger partial charge in [-0.2, -0.15) is 0 Å². The number of ether oxygens (including phenoxy) is 1. The maximum Gasteiger partial charge on any atom is 0.308 e. The first-order valence-corrected chi connectivity index (χ1v) is 8.20. The van der Waals surface area contributed by atoms with Crippen LogP contribution in [0.1, 0.15) is 33.1 Å². The van der Waals surface area contributed by atoms with E-state index in [1.165, 1.54) is 0 Å². The van der Waals surface area contributed by atoms with Crippen LogP contribution in [-0.4, -0.2) is 41.1 Å². The van der Waals surface area contributed by atoms with Crippen LogP contribution >= 0.6 is 0 Å². The quantitative estimate of drug-likeness (QED) is 0.760. The monoisotopic (exact) mass is 319 g/mol. The zero-order valence-electron chi connectivity index (χ0n) is 13.8. The predicted molar refractivity (Wildman–Crippen MR) is 87.3 cm³/mol. The van der Waals surface area contributed by atoms with Crippen LogP contribution in [0.25, 0.3) is 0 Å². The normalized spacial score (nSPS) is 16.4. The van der Waals surface area contributed by atoms with Crippen molar-refractivity contribution in [2.45, 2.75) is 39.2 Å². The molecule has 0 aliphatic heterocycles. The second-order valence-electron chi connectivity index (χ2n) is 6.31. The molecule has 2 atom stereocenters. The van der Waals surface area contributed by atoms with Gasteiger partial charge in [-0.15, -0.1) is 0 Å². The Balaban J connectivity index is 1.82. The molecule has 5 heteroatoms. The number of hydrogen-bond acceptors (Lipinski definition) is 3. The van der Waals surface area contributed by atoms with Gasteiger partial charge in [0.25, 0.3) is 0 Å². The Bertz CT molecular complexity index is 527. The van der Waals surface area contributed by atoms with Crippen LogP contribution < -0.4 is 4.74 Å².